The third-order valence-electron chi connectivity index (χ3n) is 6.16. The first-order valence-corrected chi connectivity index (χ1v) is 12.3. The normalized spacial score (nSPS) is 16.2. The van der Waals surface area contributed by atoms with E-state index < -0.39 is 6.04 Å². The van der Waals surface area contributed by atoms with Gasteiger partial charge < -0.3 is 14.2 Å². The van der Waals surface area contributed by atoms with E-state index in [0.717, 1.165) is 54.0 Å². The average Bonchev–Trinajstić information content (AvgIpc) is 2.92. The molecular formula is C30H33NO4. The van der Waals surface area contributed by atoms with Crippen molar-refractivity contribution in [2.24, 2.45) is 4.99 Å². The Morgan fingerprint density at radius 1 is 0.971 bits per heavy atom. The van der Waals surface area contributed by atoms with Crippen LogP contribution in [-0.4, -0.2) is 44.2 Å². The molecule has 1 heterocycles. The van der Waals surface area contributed by atoms with Gasteiger partial charge in [-0.15, -0.1) is 0 Å². The lowest BCUT2D eigenvalue weighted by atomic mass is 10.0. The van der Waals surface area contributed by atoms with Gasteiger partial charge in [0.15, 0.2) is 6.04 Å². The van der Waals surface area contributed by atoms with Gasteiger partial charge in [0.05, 0.1) is 25.5 Å². The molecule has 5 nitrogen and oxygen atoms in total. The molecule has 1 fully saturated rings. The zero-order valence-electron chi connectivity index (χ0n) is 20.3. The molecule has 0 aliphatic carbocycles. The molecule has 1 unspecified atom stereocenters. The number of ether oxygens (including phenoxy) is 3. The minimum Gasteiger partial charge on any atom is -0.493 e. The molecule has 2 atom stereocenters. The van der Waals surface area contributed by atoms with Crippen LogP contribution in [0.1, 0.15) is 42.4 Å². The van der Waals surface area contributed by atoms with Crippen LogP contribution in [0.25, 0.3) is 0 Å². The molecule has 0 saturated carbocycles. The summed E-state index contributed by atoms with van der Waals surface area (Å²) >= 11 is 0. The molecule has 1 aliphatic rings. The van der Waals surface area contributed by atoms with Crippen molar-refractivity contribution in [2.45, 2.75) is 44.2 Å². The molecule has 35 heavy (non-hydrogen) atoms. The van der Waals surface area contributed by atoms with Gasteiger partial charge in [-0.05, 0) is 37.0 Å². The molecule has 0 radical (unpaired) electrons. The highest BCUT2D eigenvalue weighted by Gasteiger charge is 2.21. The average molecular weight is 472 g/mol. The molecule has 0 spiro atoms. The zero-order chi connectivity index (χ0) is 24.3. The van der Waals surface area contributed by atoms with Crippen LogP contribution >= 0.6 is 0 Å². The molecular weight excluding hydrogens is 438 g/mol. The van der Waals surface area contributed by atoms with E-state index in [9.17, 15) is 4.79 Å². The Morgan fingerprint density at radius 2 is 1.69 bits per heavy atom. The van der Waals surface area contributed by atoms with Crippen LogP contribution in [0, 0.1) is 0 Å². The molecule has 1 saturated heterocycles. The molecule has 4 rings (SSSR count). The summed E-state index contributed by atoms with van der Waals surface area (Å²) < 4.78 is 16.9. The fraction of sp³-hybridized carbons (Fsp3) is 0.333. The second-order valence-electron chi connectivity index (χ2n) is 8.73. The van der Waals surface area contributed by atoms with E-state index in [4.69, 9.17) is 19.2 Å². The van der Waals surface area contributed by atoms with Gasteiger partial charge in [0, 0.05) is 30.6 Å². The third-order valence-corrected chi connectivity index (χ3v) is 6.16. The van der Waals surface area contributed by atoms with Crippen LogP contribution in [0.2, 0.25) is 0 Å². The van der Waals surface area contributed by atoms with Crippen molar-refractivity contribution < 1.29 is 19.0 Å². The molecule has 0 bridgehead atoms. The van der Waals surface area contributed by atoms with Crippen molar-refractivity contribution in [3.8, 4) is 5.75 Å². The minimum atomic E-state index is -0.679. The van der Waals surface area contributed by atoms with E-state index in [0.29, 0.717) is 19.1 Å². The molecule has 182 valence electrons. The van der Waals surface area contributed by atoms with Crippen LogP contribution in [0.4, 0.5) is 0 Å². The van der Waals surface area contributed by atoms with Gasteiger partial charge in [0.1, 0.15) is 5.75 Å². The van der Waals surface area contributed by atoms with Gasteiger partial charge in [0.25, 0.3) is 0 Å². The number of hydrogen-bond acceptors (Lipinski definition) is 5. The van der Waals surface area contributed by atoms with Crippen molar-refractivity contribution in [3.05, 3.63) is 102 Å². The number of hydrogen-bond donors (Lipinski definition) is 0. The maximum Gasteiger partial charge on any atom is 0.330 e. The maximum absolute atomic E-state index is 12.8. The highest BCUT2D eigenvalue weighted by Crippen LogP contribution is 2.20. The number of nitrogens with zero attached hydrogens (tertiary/aromatic N) is 1. The Hall–Kier alpha value is -3.44. The lowest BCUT2D eigenvalue weighted by Crippen LogP contribution is -2.25. The summed E-state index contributed by atoms with van der Waals surface area (Å²) in [5, 5.41) is 0. The Kier molecular flexibility index (Phi) is 9.07. The maximum atomic E-state index is 12.8. The summed E-state index contributed by atoms with van der Waals surface area (Å²) in [5.41, 5.74) is 3.64. The van der Waals surface area contributed by atoms with Crippen LogP contribution in [0.5, 0.6) is 5.75 Å². The van der Waals surface area contributed by atoms with Crippen molar-refractivity contribution in [3.63, 3.8) is 0 Å². The van der Waals surface area contributed by atoms with E-state index in [1.165, 1.54) is 13.5 Å². The lowest BCUT2D eigenvalue weighted by molar-refractivity contribution is -0.142. The smallest absolute Gasteiger partial charge is 0.330 e. The first-order chi connectivity index (χ1) is 17.2. The van der Waals surface area contributed by atoms with Crippen molar-refractivity contribution in [1.82, 2.24) is 0 Å². The predicted molar refractivity (Wildman–Crippen MR) is 138 cm³/mol. The highest BCUT2D eigenvalue weighted by molar-refractivity contribution is 6.13. The lowest BCUT2D eigenvalue weighted by Gasteiger charge is -2.22. The summed E-state index contributed by atoms with van der Waals surface area (Å²) in [5.74, 6) is 0.423. The van der Waals surface area contributed by atoms with E-state index >= 15 is 0 Å². The van der Waals surface area contributed by atoms with Gasteiger partial charge in [-0.25, -0.2) is 4.79 Å². The van der Waals surface area contributed by atoms with Crippen LogP contribution < -0.4 is 4.74 Å². The Bertz CT molecular complexity index is 1050. The van der Waals surface area contributed by atoms with E-state index in [2.05, 4.69) is 0 Å². The largest absolute Gasteiger partial charge is 0.493 e. The SMILES string of the molecule is COC(=O)[C@H](Cc1cccc(OCCC2CCCCO2)c1)N=C(c1ccccc1)c1ccccc1. The molecule has 0 aromatic heterocycles. The fourth-order valence-corrected chi connectivity index (χ4v) is 4.31. The quantitative estimate of drug-likeness (QED) is 0.283. The van der Waals surface area contributed by atoms with Gasteiger partial charge >= 0.3 is 5.97 Å². The Balaban J connectivity index is 1.52. The van der Waals surface area contributed by atoms with Crippen molar-refractivity contribution in [2.75, 3.05) is 20.3 Å². The summed E-state index contributed by atoms with van der Waals surface area (Å²) in [6.07, 6.45) is 5.07. The predicted octanol–water partition coefficient (Wildman–Crippen LogP) is 5.65. The Labute approximate surface area is 207 Å². The van der Waals surface area contributed by atoms with Gasteiger partial charge in [-0.2, -0.15) is 0 Å². The third kappa shape index (κ3) is 7.27. The van der Waals surface area contributed by atoms with Crippen molar-refractivity contribution >= 4 is 11.7 Å². The number of carbonyl (C=O) groups is 1. The summed E-state index contributed by atoms with van der Waals surface area (Å²) in [4.78, 5) is 17.7. The molecule has 3 aromatic rings. The zero-order valence-corrected chi connectivity index (χ0v) is 20.3. The van der Waals surface area contributed by atoms with Crippen LogP contribution in [0.15, 0.2) is 89.9 Å². The molecule has 1 aliphatic heterocycles. The Morgan fingerprint density at radius 3 is 2.31 bits per heavy atom. The highest BCUT2D eigenvalue weighted by atomic mass is 16.5. The fourth-order valence-electron chi connectivity index (χ4n) is 4.31. The molecule has 5 heteroatoms. The van der Waals surface area contributed by atoms with E-state index in [-0.39, 0.29) is 5.97 Å². The number of methoxy groups -OCH3 is 1. The summed E-state index contributed by atoms with van der Waals surface area (Å²) in [7, 11) is 1.41. The standard InChI is InChI=1S/C30H33NO4/c1-33-30(32)28(31-29(24-12-4-2-5-13-24)25-14-6-3-7-15-25)22-23-11-10-17-27(21-23)35-20-18-26-16-8-9-19-34-26/h2-7,10-15,17,21,26,28H,8-9,16,18-20,22H2,1H3/t26?,28-/m0/s1. The number of rotatable bonds is 10. The summed E-state index contributed by atoms with van der Waals surface area (Å²) in [6, 6.07) is 27.0. The van der Waals surface area contributed by atoms with Gasteiger partial charge in [-0.3, -0.25) is 4.99 Å². The number of aliphatic imine (C=N–C) groups is 1. The summed E-state index contributed by atoms with van der Waals surface area (Å²) in [6.45, 7) is 1.46. The van der Waals surface area contributed by atoms with Gasteiger partial charge in [0.2, 0.25) is 0 Å². The van der Waals surface area contributed by atoms with E-state index in [1.54, 1.807) is 0 Å². The monoisotopic (exact) mass is 471 g/mol. The van der Waals surface area contributed by atoms with Gasteiger partial charge in [-0.1, -0.05) is 72.8 Å². The first-order valence-electron chi connectivity index (χ1n) is 12.3. The first kappa shape index (κ1) is 24.7. The molecule has 0 N–H and O–H groups in total. The second-order valence-corrected chi connectivity index (χ2v) is 8.73. The second kappa shape index (κ2) is 12.9. The number of benzene rings is 3. The topological polar surface area (TPSA) is 57.1 Å². The van der Waals surface area contributed by atoms with E-state index in [1.807, 2.05) is 84.9 Å². The number of carbonyl (C=O) groups excluding carboxylic acids is 1. The van der Waals surface area contributed by atoms with Crippen LogP contribution in [-0.2, 0) is 20.7 Å². The minimum absolute atomic E-state index is 0.291. The van der Waals surface area contributed by atoms with Crippen molar-refractivity contribution in [1.29, 1.82) is 0 Å². The molecule has 3 aromatic carbocycles. The van der Waals surface area contributed by atoms with Crippen LogP contribution in [0.3, 0.4) is 0 Å². The number of esters is 1. The molecule has 0 amide bonds.